The molecule has 276 valence electrons. The van der Waals surface area contributed by atoms with Crippen LogP contribution >= 0.6 is 0 Å². The Kier molecular flexibility index (Phi) is 13.1. The quantitative estimate of drug-likeness (QED) is 0.217. The number of nitrogens with one attached hydrogen (secondary N) is 4. The zero-order valence-electron chi connectivity index (χ0n) is 30.1. The van der Waals surface area contributed by atoms with Gasteiger partial charge < -0.3 is 26.2 Å². The van der Waals surface area contributed by atoms with Gasteiger partial charge in [0.2, 0.25) is 27.6 Å². The molecule has 6 atom stereocenters. The fourth-order valence-corrected chi connectivity index (χ4v) is 7.54. The Hall–Kier alpha value is -3.49. The number of Topliss-reactive ketones (excluding diaryl/α,β-unsaturated/α-hetero) is 1. The van der Waals surface area contributed by atoms with Crippen molar-refractivity contribution >= 4 is 45.5 Å². The molecule has 15 heteroatoms. The van der Waals surface area contributed by atoms with Crippen LogP contribution < -0.4 is 21.3 Å². The van der Waals surface area contributed by atoms with E-state index in [1.807, 2.05) is 13.8 Å². The average Bonchev–Trinajstić information content (AvgIpc) is 3.32. The summed E-state index contributed by atoms with van der Waals surface area (Å²) in [5.74, 6) is -3.50. The first-order valence-electron chi connectivity index (χ1n) is 17.3. The molecule has 2 aliphatic heterocycles. The molecule has 1 saturated carbocycles. The van der Waals surface area contributed by atoms with Crippen LogP contribution in [0.5, 0.6) is 0 Å². The van der Waals surface area contributed by atoms with Crippen molar-refractivity contribution in [2.24, 2.45) is 22.7 Å². The zero-order chi connectivity index (χ0) is 36.9. The van der Waals surface area contributed by atoms with Gasteiger partial charge in [0.05, 0.1) is 12.3 Å². The van der Waals surface area contributed by atoms with Crippen LogP contribution in [0.2, 0.25) is 0 Å². The third-order valence-electron chi connectivity index (χ3n) is 10.3. The summed E-state index contributed by atoms with van der Waals surface area (Å²) in [5, 5.41) is 10.6. The molecule has 2 saturated heterocycles. The standard InChI is InChI=1S/C34H56N6O8S/c1-9-19-35-29(43)26(41)22-17-15-13-11-10-12-14-16-18-23(30(44)40-20-21-24(34(21,5)6)25(40)28(42)36-22)37-32(46)38-27(33(2,3)4)31(45)39(7)49(8,47)48/h9,21-25,27H,1,10-20H2,2-8H3,(H,35,43)(H,36,42)(H2,37,38,46)/t21-,22-,23-,24-,25-,27+/m0/s1. The van der Waals surface area contributed by atoms with Crippen molar-refractivity contribution in [1.82, 2.24) is 30.5 Å². The third kappa shape index (κ3) is 9.82. The molecule has 0 spiro atoms. The minimum absolute atomic E-state index is 0.0308. The Labute approximate surface area is 291 Å². The molecule has 3 aliphatic rings. The number of amides is 6. The highest BCUT2D eigenvalue weighted by Crippen LogP contribution is 2.65. The molecule has 49 heavy (non-hydrogen) atoms. The molecule has 6 amide bonds. The van der Waals surface area contributed by atoms with Crippen LogP contribution in [0, 0.1) is 22.7 Å². The molecule has 0 aromatic carbocycles. The maximum Gasteiger partial charge on any atom is 0.316 e. The number of hydrogen-bond donors (Lipinski definition) is 4. The van der Waals surface area contributed by atoms with E-state index < -0.39 is 75.0 Å². The zero-order valence-corrected chi connectivity index (χ0v) is 30.9. The Morgan fingerprint density at radius 3 is 2.16 bits per heavy atom. The summed E-state index contributed by atoms with van der Waals surface area (Å²) in [5.41, 5.74) is -1.11. The van der Waals surface area contributed by atoms with Crippen molar-refractivity contribution in [2.75, 3.05) is 26.4 Å². The lowest BCUT2D eigenvalue weighted by Crippen LogP contribution is -2.61. The molecule has 0 bridgehead atoms. The highest BCUT2D eigenvalue weighted by molar-refractivity contribution is 7.88. The fraction of sp³-hybridized carbons (Fsp3) is 0.765. The number of hydrogen-bond acceptors (Lipinski definition) is 8. The summed E-state index contributed by atoms with van der Waals surface area (Å²) in [6, 6.07) is -5.05. The van der Waals surface area contributed by atoms with Gasteiger partial charge in [-0.25, -0.2) is 17.5 Å². The summed E-state index contributed by atoms with van der Waals surface area (Å²) in [7, 11) is -2.77. The first-order chi connectivity index (χ1) is 22.7. The van der Waals surface area contributed by atoms with Gasteiger partial charge in [-0.15, -0.1) is 6.58 Å². The van der Waals surface area contributed by atoms with E-state index >= 15 is 0 Å². The molecule has 0 radical (unpaired) electrons. The number of carbonyl (C=O) groups excluding carboxylic acids is 6. The van der Waals surface area contributed by atoms with Crippen LogP contribution in [0.25, 0.3) is 0 Å². The van der Waals surface area contributed by atoms with Gasteiger partial charge >= 0.3 is 6.03 Å². The van der Waals surface area contributed by atoms with Gasteiger partial charge in [0.25, 0.3) is 11.8 Å². The Morgan fingerprint density at radius 1 is 1.04 bits per heavy atom. The molecule has 14 nitrogen and oxygen atoms in total. The maximum atomic E-state index is 14.3. The second-order valence-corrected chi connectivity index (χ2v) is 17.4. The van der Waals surface area contributed by atoms with E-state index in [2.05, 4.69) is 27.8 Å². The monoisotopic (exact) mass is 708 g/mol. The van der Waals surface area contributed by atoms with E-state index in [4.69, 9.17) is 0 Å². The van der Waals surface area contributed by atoms with Crippen LogP contribution in [0.4, 0.5) is 4.79 Å². The van der Waals surface area contributed by atoms with Crippen molar-refractivity contribution in [3.8, 4) is 0 Å². The largest absolute Gasteiger partial charge is 0.346 e. The molecule has 1 aliphatic carbocycles. The van der Waals surface area contributed by atoms with Crippen molar-refractivity contribution in [1.29, 1.82) is 0 Å². The highest BCUT2D eigenvalue weighted by atomic mass is 32.2. The van der Waals surface area contributed by atoms with Gasteiger partial charge in [0, 0.05) is 20.1 Å². The predicted molar refractivity (Wildman–Crippen MR) is 184 cm³/mol. The molecule has 2 heterocycles. The highest BCUT2D eigenvalue weighted by Gasteiger charge is 2.69. The van der Waals surface area contributed by atoms with Crippen LogP contribution in [0.3, 0.4) is 0 Å². The van der Waals surface area contributed by atoms with Gasteiger partial charge in [0.15, 0.2) is 0 Å². The summed E-state index contributed by atoms with van der Waals surface area (Å²) in [4.78, 5) is 82.2. The predicted octanol–water partition coefficient (Wildman–Crippen LogP) is 1.85. The number of sulfonamides is 1. The van der Waals surface area contributed by atoms with E-state index in [0.717, 1.165) is 45.4 Å². The first-order valence-corrected chi connectivity index (χ1v) is 19.2. The molecule has 4 N–H and O–H groups in total. The Morgan fingerprint density at radius 2 is 1.61 bits per heavy atom. The van der Waals surface area contributed by atoms with Crippen LogP contribution in [0.15, 0.2) is 12.7 Å². The number of fused-ring (bicyclic) bond motifs is 3. The minimum Gasteiger partial charge on any atom is -0.346 e. The maximum absolute atomic E-state index is 14.3. The molecule has 0 unspecified atom stereocenters. The lowest BCUT2D eigenvalue weighted by Gasteiger charge is -2.35. The van der Waals surface area contributed by atoms with E-state index in [0.29, 0.717) is 17.1 Å². The summed E-state index contributed by atoms with van der Waals surface area (Å²) < 4.78 is 24.8. The second-order valence-electron chi connectivity index (χ2n) is 15.4. The van der Waals surface area contributed by atoms with Gasteiger partial charge in [-0.1, -0.05) is 85.6 Å². The molecule has 0 aromatic heterocycles. The number of piperidine rings is 1. The molecule has 0 aromatic rings. The second kappa shape index (κ2) is 16.0. The van der Waals surface area contributed by atoms with E-state index in [1.165, 1.54) is 11.0 Å². The Balaban J connectivity index is 1.90. The smallest absolute Gasteiger partial charge is 0.316 e. The number of ketones is 1. The summed E-state index contributed by atoms with van der Waals surface area (Å²) in [6.45, 7) is 13.1. The fourth-order valence-electron chi connectivity index (χ4n) is 7.11. The minimum atomic E-state index is -3.89. The molecule has 3 rings (SSSR count). The number of carbonyl (C=O) groups is 6. The topological polar surface area (TPSA) is 191 Å². The third-order valence-corrected chi connectivity index (χ3v) is 11.5. The van der Waals surface area contributed by atoms with Crippen LogP contribution in [-0.4, -0.2) is 104 Å². The number of urea groups is 1. The van der Waals surface area contributed by atoms with Crippen molar-refractivity contribution in [3.05, 3.63) is 12.7 Å². The van der Waals surface area contributed by atoms with Crippen LogP contribution in [-0.2, 0) is 34.0 Å². The van der Waals surface area contributed by atoms with Crippen molar-refractivity contribution in [2.45, 2.75) is 117 Å². The van der Waals surface area contributed by atoms with Crippen molar-refractivity contribution < 1.29 is 37.2 Å². The number of rotatable bonds is 8. The van der Waals surface area contributed by atoms with Gasteiger partial charge in [-0.3, -0.25) is 24.0 Å². The average molecular weight is 709 g/mol. The van der Waals surface area contributed by atoms with E-state index in [1.54, 1.807) is 20.8 Å². The summed E-state index contributed by atoms with van der Waals surface area (Å²) in [6.07, 6.45) is 8.57. The number of nitrogens with zero attached hydrogens (tertiary/aromatic N) is 2. The van der Waals surface area contributed by atoms with Crippen molar-refractivity contribution in [3.63, 3.8) is 0 Å². The van der Waals surface area contributed by atoms with Crippen LogP contribution in [0.1, 0.15) is 92.4 Å². The molecular weight excluding hydrogens is 652 g/mol. The molecule has 3 fully saturated rings. The van der Waals surface area contributed by atoms with Gasteiger partial charge in [-0.2, -0.15) is 0 Å². The Bertz CT molecular complexity index is 1410. The molecular formula is C34H56N6O8S. The van der Waals surface area contributed by atoms with Gasteiger partial charge in [-0.05, 0) is 35.5 Å². The summed E-state index contributed by atoms with van der Waals surface area (Å²) >= 11 is 0. The van der Waals surface area contributed by atoms with E-state index in [9.17, 15) is 37.2 Å². The van der Waals surface area contributed by atoms with E-state index in [-0.39, 0.29) is 43.2 Å². The lowest BCUT2D eigenvalue weighted by atomic mass is 9.86. The normalized spacial score (nSPS) is 27.0. The van der Waals surface area contributed by atoms with Gasteiger partial charge in [0.1, 0.15) is 18.1 Å². The number of likely N-dealkylation sites (N-methyl/N-ethyl adjacent to an activating group) is 1. The SMILES string of the molecule is C=CCNC(=O)C(=O)[C@@H]1CCCCCCCCC[C@H](NC(=O)N[C@H](C(=O)N(C)S(C)(=O)=O)C(C)(C)C)C(=O)N2C[C@H]3[C@@H]([C@H]2C(=O)N1)C3(C)C. The first kappa shape index (κ1) is 39.9. The lowest BCUT2D eigenvalue weighted by molar-refractivity contribution is -0.144.